The molecule has 1 amide bonds. The van der Waals surface area contributed by atoms with E-state index in [-0.39, 0.29) is 5.91 Å². The van der Waals surface area contributed by atoms with Crippen molar-refractivity contribution in [2.75, 3.05) is 5.32 Å². The smallest absolute Gasteiger partial charge is 0.228 e. The first kappa shape index (κ1) is 14.0. The molecule has 0 bridgehead atoms. The maximum atomic E-state index is 11.9. The van der Waals surface area contributed by atoms with Gasteiger partial charge in [0.2, 0.25) is 5.91 Å². The molecule has 0 spiro atoms. The van der Waals surface area contributed by atoms with E-state index in [1.165, 1.54) is 0 Å². The molecule has 3 nitrogen and oxygen atoms in total. The SMILES string of the molecule is Cc1cnc(Cl)c(NC(=O)Cc2ccc(Br)cc2)c1. The van der Waals surface area contributed by atoms with Crippen LogP contribution in [0.25, 0.3) is 0 Å². The number of pyridine rings is 1. The van der Waals surface area contributed by atoms with Crippen LogP contribution in [0.15, 0.2) is 41.0 Å². The van der Waals surface area contributed by atoms with Gasteiger partial charge in [-0.1, -0.05) is 39.7 Å². The fourth-order valence-electron chi connectivity index (χ4n) is 1.62. The Kier molecular flexibility index (Phi) is 4.56. The molecule has 0 aliphatic heterocycles. The van der Waals surface area contributed by atoms with Crippen LogP contribution in [0.4, 0.5) is 5.69 Å². The number of nitrogens with zero attached hydrogens (tertiary/aromatic N) is 1. The minimum atomic E-state index is -0.114. The second-order valence-corrected chi connectivity index (χ2v) is 5.48. The molecular formula is C14H12BrClN2O. The molecule has 1 heterocycles. The van der Waals surface area contributed by atoms with Crippen molar-refractivity contribution in [3.8, 4) is 0 Å². The molecule has 0 radical (unpaired) electrons. The number of anilines is 1. The summed E-state index contributed by atoms with van der Waals surface area (Å²) in [5.74, 6) is -0.114. The fourth-order valence-corrected chi connectivity index (χ4v) is 2.04. The zero-order chi connectivity index (χ0) is 13.8. The third-order valence-electron chi connectivity index (χ3n) is 2.53. The van der Waals surface area contributed by atoms with E-state index in [0.29, 0.717) is 17.3 Å². The van der Waals surface area contributed by atoms with Crippen molar-refractivity contribution in [2.24, 2.45) is 0 Å². The molecule has 1 N–H and O–H groups in total. The molecule has 0 aliphatic rings. The summed E-state index contributed by atoms with van der Waals surface area (Å²) in [4.78, 5) is 15.9. The van der Waals surface area contributed by atoms with Gasteiger partial charge in [0.1, 0.15) is 0 Å². The van der Waals surface area contributed by atoms with Gasteiger partial charge in [-0.05, 0) is 36.2 Å². The van der Waals surface area contributed by atoms with Gasteiger partial charge in [-0.15, -0.1) is 0 Å². The normalized spacial score (nSPS) is 10.3. The lowest BCUT2D eigenvalue weighted by Gasteiger charge is -2.07. The van der Waals surface area contributed by atoms with Gasteiger partial charge >= 0.3 is 0 Å². The molecular weight excluding hydrogens is 328 g/mol. The van der Waals surface area contributed by atoms with Gasteiger partial charge in [-0.3, -0.25) is 4.79 Å². The van der Waals surface area contributed by atoms with Crippen LogP contribution in [0.1, 0.15) is 11.1 Å². The zero-order valence-corrected chi connectivity index (χ0v) is 12.6. The summed E-state index contributed by atoms with van der Waals surface area (Å²) < 4.78 is 0.989. The number of halogens is 2. The van der Waals surface area contributed by atoms with Crippen LogP contribution in [0.5, 0.6) is 0 Å². The van der Waals surface area contributed by atoms with E-state index in [2.05, 4.69) is 26.2 Å². The average molecular weight is 340 g/mol. The molecule has 2 rings (SSSR count). The van der Waals surface area contributed by atoms with Gasteiger partial charge in [-0.25, -0.2) is 4.98 Å². The maximum absolute atomic E-state index is 11.9. The van der Waals surface area contributed by atoms with Gasteiger partial charge < -0.3 is 5.32 Å². The first-order valence-corrected chi connectivity index (χ1v) is 6.88. The first-order chi connectivity index (χ1) is 9.04. The molecule has 5 heteroatoms. The lowest BCUT2D eigenvalue weighted by molar-refractivity contribution is -0.115. The number of carbonyl (C=O) groups excluding carboxylic acids is 1. The molecule has 1 aromatic heterocycles. The van der Waals surface area contributed by atoms with E-state index < -0.39 is 0 Å². The summed E-state index contributed by atoms with van der Waals surface area (Å²) in [7, 11) is 0. The maximum Gasteiger partial charge on any atom is 0.228 e. The van der Waals surface area contributed by atoms with Crippen LogP contribution in [0, 0.1) is 6.92 Å². The Hall–Kier alpha value is -1.39. The van der Waals surface area contributed by atoms with Crippen molar-refractivity contribution in [3.05, 3.63) is 57.3 Å². The van der Waals surface area contributed by atoms with Gasteiger partial charge in [0.15, 0.2) is 5.15 Å². The van der Waals surface area contributed by atoms with Gasteiger partial charge in [0.05, 0.1) is 12.1 Å². The first-order valence-electron chi connectivity index (χ1n) is 5.71. The molecule has 0 fully saturated rings. The predicted octanol–water partition coefficient (Wildman–Crippen LogP) is 3.99. The highest BCUT2D eigenvalue weighted by molar-refractivity contribution is 9.10. The minimum Gasteiger partial charge on any atom is -0.323 e. The Balaban J connectivity index is 2.05. The Bertz CT molecular complexity index is 599. The summed E-state index contributed by atoms with van der Waals surface area (Å²) in [6.07, 6.45) is 1.96. The number of nitrogens with one attached hydrogen (secondary N) is 1. The summed E-state index contributed by atoms with van der Waals surface area (Å²) in [5.41, 5.74) is 2.43. The summed E-state index contributed by atoms with van der Waals surface area (Å²) in [6.45, 7) is 1.90. The highest BCUT2D eigenvalue weighted by Gasteiger charge is 2.08. The van der Waals surface area contributed by atoms with Crippen molar-refractivity contribution in [1.82, 2.24) is 4.98 Å². The Morgan fingerprint density at radius 1 is 1.37 bits per heavy atom. The van der Waals surface area contributed by atoms with Crippen LogP contribution in [0.2, 0.25) is 5.15 Å². The van der Waals surface area contributed by atoms with Crippen LogP contribution in [-0.4, -0.2) is 10.9 Å². The van der Waals surface area contributed by atoms with Crippen LogP contribution in [-0.2, 0) is 11.2 Å². The summed E-state index contributed by atoms with van der Waals surface area (Å²) in [5, 5.41) is 3.07. The Morgan fingerprint density at radius 2 is 2.05 bits per heavy atom. The Morgan fingerprint density at radius 3 is 2.74 bits per heavy atom. The van der Waals surface area contributed by atoms with Gasteiger partial charge in [0, 0.05) is 10.7 Å². The average Bonchev–Trinajstić information content (AvgIpc) is 2.37. The monoisotopic (exact) mass is 338 g/mol. The van der Waals surface area contributed by atoms with E-state index >= 15 is 0 Å². The van der Waals surface area contributed by atoms with E-state index in [9.17, 15) is 4.79 Å². The third kappa shape index (κ3) is 4.04. The summed E-state index contributed by atoms with van der Waals surface area (Å²) in [6, 6.07) is 9.42. The standard InChI is InChI=1S/C14H12BrClN2O/c1-9-6-12(14(16)17-8-9)18-13(19)7-10-2-4-11(15)5-3-10/h2-6,8H,7H2,1H3,(H,18,19). The second-order valence-electron chi connectivity index (χ2n) is 4.20. The summed E-state index contributed by atoms with van der Waals surface area (Å²) >= 11 is 9.29. The fraction of sp³-hybridized carbons (Fsp3) is 0.143. The largest absolute Gasteiger partial charge is 0.323 e. The van der Waals surface area contributed by atoms with Gasteiger partial charge in [0.25, 0.3) is 0 Å². The molecule has 0 unspecified atom stereocenters. The number of aromatic nitrogens is 1. The van der Waals surface area contributed by atoms with Crippen molar-refractivity contribution >= 4 is 39.1 Å². The minimum absolute atomic E-state index is 0.114. The molecule has 0 saturated heterocycles. The van der Waals surface area contributed by atoms with Crippen LogP contribution >= 0.6 is 27.5 Å². The third-order valence-corrected chi connectivity index (χ3v) is 3.36. The van der Waals surface area contributed by atoms with Gasteiger partial charge in [-0.2, -0.15) is 0 Å². The number of amides is 1. The number of carbonyl (C=O) groups is 1. The lowest BCUT2D eigenvalue weighted by Crippen LogP contribution is -2.15. The molecule has 1 aromatic carbocycles. The van der Waals surface area contributed by atoms with Crippen molar-refractivity contribution < 1.29 is 4.79 Å². The quantitative estimate of drug-likeness (QED) is 0.859. The Labute approximate surface area is 125 Å². The number of rotatable bonds is 3. The molecule has 0 aliphatic carbocycles. The lowest BCUT2D eigenvalue weighted by atomic mass is 10.1. The number of hydrogen-bond donors (Lipinski definition) is 1. The molecule has 2 aromatic rings. The molecule has 0 atom stereocenters. The highest BCUT2D eigenvalue weighted by atomic mass is 79.9. The molecule has 0 saturated carbocycles. The van der Waals surface area contributed by atoms with Crippen LogP contribution < -0.4 is 5.32 Å². The second kappa shape index (κ2) is 6.17. The van der Waals surface area contributed by atoms with E-state index in [1.54, 1.807) is 12.3 Å². The topological polar surface area (TPSA) is 42.0 Å². The van der Waals surface area contributed by atoms with E-state index in [4.69, 9.17) is 11.6 Å². The van der Waals surface area contributed by atoms with Crippen molar-refractivity contribution in [3.63, 3.8) is 0 Å². The van der Waals surface area contributed by atoms with Crippen LogP contribution in [0.3, 0.4) is 0 Å². The van der Waals surface area contributed by atoms with Crippen molar-refractivity contribution in [1.29, 1.82) is 0 Å². The van der Waals surface area contributed by atoms with E-state index in [0.717, 1.165) is 15.6 Å². The zero-order valence-electron chi connectivity index (χ0n) is 10.3. The van der Waals surface area contributed by atoms with E-state index in [1.807, 2.05) is 31.2 Å². The number of hydrogen-bond acceptors (Lipinski definition) is 2. The molecule has 19 heavy (non-hydrogen) atoms. The highest BCUT2D eigenvalue weighted by Crippen LogP contribution is 2.20. The van der Waals surface area contributed by atoms with Crippen molar-refractivity contribution in [2.45, 2.75) is 13.3 Å². The molecule has 98 valence electrons. The predicted molar refractivity (Wildman–Crippen MR) is 80.5 cm³/mol. The number of benzene rings is 1. The number of aryl methyl sites for hydroxylation is 1.